The molecule has 2 amide bonds. The molecule has 5 aromatic rings. The lowest BCUT2D eigenvalue weighted by molar-refractivity contribution is -0.131. The maximum Gasteiger partial charge on any atom is 0.240 e. The molecule has 9 heteroatoms. The van der Waals surface area contributed by atoms with Crippen LogP contribution in [0.25, 0.3) is 20.7 Å². The van der Waals surface area contributed by atoms with Crippen molar-refractivity contribution in [2.45, 2.75) is 12.8 Å². The predicted molar refractivity (Wildman–Crippen MR) is 147 cm³/mol. The van der Waals surface area contributed by atoms with Gasteiger partial charge < -0.3 is 15.4 Å². The van der Waals surface area contributed by atoms with Crippen LogP contribution in [-0.4, -0.2) is 16.8 Å². The van der Waals surface area contributed by atoms with Crippen molar-refractivity contribution < 1.29 is 23.1 Å². The van der Waals surface area contributed by atoms with Crippen LogP contribution in [0.2, 0.25) is 0 Å². The second-order valence-corrected chi connectivity index (χ2v) is 10.3. The molecule has 2 N–H and O–H groups in total. The first-order valence-corrected chi connectivity index (χ1v) is 13.0. The molecule has 0 aliphatic heterocycles. The van der Waals surface area contributed by atoms with Crippen LogP contribution in [0.1, 0.15) is 12.8 Å². The van der Waals surface area contributed by atoms with E-state index in [4.69, 9.17) is 4.74 Å². The van der Waals surface area contributed by atoms with E-state index in [0.717, 1.165) is 26.7 Å². The number of benzene rings is 3. The van der Waals surface area contributed by atoms with Crippen LogP contribution >= 0.6 is 11.3 Å². The molecule has 0 atom stereocenters. The number of aromatic nitrogens is 1. The third-order valence-corrected chi connectivity index (χ3v) is 7.75. The number of nitrogens with one attached hydrogen (secondary N) is 2. The summed E-state index contributed by atoms with van der Waals surface area (Å²) in [5.74, 6) is -1.65. The topological polar surface area (TPSA) is 80.3 Å². The second kappa shape index (κ2) is 9.92. The molecular formula is C30H21F2N3O3S. The van der Waals surface area contributed by atoms with E-state index < -0.39 is 28.9 Å². The Hall–Kier alpha value is -4.63. The van der Waals surface area contributed by atoms with Crippen LogP contribution in [0.4, 0.5) is 20.2 Å². The van der Waals surface area contributed by atoms with Gasteiger partial charge in [-0.25, -0.2) is 8.78 Å². The number of thiophene rings is 1. The van der Waals surface area contributed by atoms with Crippen LogP contribution < -0.4 is 15.4 Å². The molecule has 6 nitrogen and oxygen atoms in total. The van der Waals surface area contributed by atoms with Gasteiger partial charge in [-0.05, 0) is 60.9 Å². The smallest absolute Gasteiger partial charge is 0.240 e. The number of amides is 2. The lowest BCUT2D eigenvalue weighted by atomic mass is 10.0. The second-order valence-electron chi connectivity index (χ2n) is 9.24. The van der Waals surface area contributed by atoms with Crippen molar-refractivity contribution in [2.75, 3.05) is 10.6 Å². The van der Waals surface area contributed by atoms with Crippen LogP contribution in [0.15, 0.2) is 91.1 Å². The highest BCUT2D eigenvalue weighted by atomic mass is 32.1. The number of hydrogen-bond acceptors (Lipinski definition) is 5. The van der Waals surface area contributed by atoms with E-state index in [1.807, 2.05) is 36.4 Å². The summed E-state index contributed by atoms with van der Waals surface area (Å²) < 4.78 is 34.9. The van der Waals surface area contributed by atoms with Gasteiger partial charge in [-0.3, -0.25) is 14.6 Å². The molecule has 1 saturated carbocycles. The van der Waals surface area contributed by atoms with Crippen LogP contribution in [0.5, 0.6) is 11.5 Å². The van der Waals surface area contributed by atoms with Crippen molar-refractivity contribution >= 4 is 44.7 Å². The van der Waals surface area contributed by atoms with Gasteiger partial charge in [-0.2, -0.15) is 0 Å². The molecular weight excluding hydrogens is 520 g/mol. The number of ether oxygens (including phenoxy) is 1. The maximum absolute atomic E-state index is 15.0. The molecule has 3 aromatic carbocycles. The first kappa shape index (κ1) is 24.7. The number of hydrogen-bond donors (Lipinski definition) is 2. The van der Waals surface area contributed by atoms with Gasteiger partial charge in [0.2, 0.25) is 11.8 Å². The number of carbonyl (C=O) groups is 2. The fourth-order valence-electron chi connectivity index (χ4n) is 4.24. The molecule has 0 spiro atoms. The van der Waals surface area contributed by atoms with Gasteiger partial charge in [0.25, 0.3) is 0 Å². The maximum atomic E-state index is 15.0. The Morgan fingerprint density at radius 3 is 2.21 bits per heavy atom. The Morgan fingerprint density at radius 1 is 0.821 bits per heavy atom. The van der Waals surface area contributed by atoms with Crippen molar-refractivity contribution in [1.82, 2.24) is 4.98 Å². The van der Waals surface area contributed by atoms with Crippen molar-refractivity contribution in [3.05, 3.63) is 103 Å². The molecule has 0 saturated heterocycles. The first-order valence-electron chi connectivity index (χ1n) is 12.2. The van der Waals surface area contributed by atoms with Crippen LogP contribution in [0.3, 0.4) is 0 Å². The van der Waals surface area contributed by atoms with Crippen molar-refractivity contribution in [2.24, 2.45) is 5.41 Å². The molecule has 0 bridgehead atoms. The van der Waals surface area contributed by atoms with Gasteiger partial charge in [0.15, 0.2) is 11.6 Å². The molecule has 0 radical (unpaired) electrons. The Morgan fingerprint density at radius 2 is 1.51 bits per heavy atom. The van der Waals surface area contributed by atoms with E-state index in [0.29, 0.717) is 24.3 Å². The van der Waals surface area contributed by atoms with E-state index in [2.05, 4.69) is 15.6 Å². The van der Waals surface area contributed by atoms with E-state index in [1.54, 1.807) is 12.3 Å². The zero-order chi connectivity index (χ0) is 27.0. The normalized spacial score (nSPS) is 13.6. The van der Waals surface area contributed by atoms with E-state index in [9.17, 15) is 14.0 Å². The Balaban J connectivity index is 1.16. The van der Waals surface area contributed by atoms with Crippen LogP contribution in [-0.2, 0) is 9.59 Å². The Labute approximate surface area is 226 Å². The summed E-state index contributed by atoms with van der Waals surface area (Å²) >= 11 is 1.50. The third kappa shape index (κ3) is 4.96. The molecule has 39 heavy (non-hydrogen) atoms. The fourth-order valence-corrected chi connectivity index (χ4v) is 5.31. The quantitative estimate of drug-likeness (QED) is 0.211. The summed E-state index contributed by atoms with van der Waals surface area (Å²) in [7, 11) is 0. The summed E-state index contributed by atoms with van der Waals surface area (Å²) in [6, 6.07) is 22.9. The summed E-state index contributed by atoms with van der Waals surface area (Å²) in [4.78, 5) is 31.1. The molecule has 2 heterocycles. The molecule has 1 aliphatic rings. The molecule has 2 aromatic heterocycles. The number of nitrogens with zero attached hydrogens (tertiary/aromatic N) is 1. The highest BCUT2D eigenvalue weighted by molar-refractivity contribution is 7.22. The number of fused-ring (bicyclic) bond motifs is 1. The average Bonchev–Trinajstić information content (AvgIpc) is 3.65. The zero-order valence-corrected chi connectivity index (χ0v) is 21.2. The minimum atomic E-state index is -1.25. The Kier molecular flexibility index (Phi) is 6.28. The number of rotatable bonds is 7. The van der Waals surface area contributed by atoms with Gasteiger partial charge in [-0.1, -0.05) is 30.3 Å². The van der Waals surface area contributed by atoms with E-state index in [-0.39, 0.29) is 11.4 Å². The monoisotopic (exact) mass is 541 g/mol. The number of halogens is 2. The predicted octanol–water partition coefficient (Wildman–Crippen LogP) is 7.39. The molecule has 194 valence electrons. The van der Waals surface area contributed by atoms with Crippen molar-refractivity contribution in [1.29, 1.82) is 0 Å². The number of pyridine rings is 1. The number of anilines is 2. The van der Waals surface area contributed by atoms with Crippen molar-refractivity contribution in [3.63, 3.8) is 0 Å². The minimum absolute atomic E-state index is 0.00894. The SMILES string of the molecule is O=C(Nc1ccc(F)cc1)C1(C(=O)Nc2ccc(Oc3ccnc4cc(-c5ccccc5)sc34)c(F)c2)CC1. The minimum Gasteiger partial charge on any atom is -0.453 e. The summed E-state index contributed by atoms with van der Waals surface area (Å²) in [5, 5.41) is 5.29. The van der Waals surface area contributed by atoms with E-state index in [1.165, 1.54) is 47.7 Å². The molecule has 1 fully saturated rings. The van der Waals surface area contributed by atoms with Gasteiger partial charge in [0.05, 0.1) is 10.2 Å². The Bertz CT molecular complexity index is 1700. The first-order chi connectivity index (χ1) is 18.9. The lowest BCUT2D eigenvalue weighted by Crippen LogP contribution is -2.35. The molecule has 6 rings (SSSR count). The third-order valence-electron chi connectivity index (χ3n) is 6.57. The largest absolute Gasteiger partial charge is 0.453 e. The van der Waals surface area contributed by atoms with Crippen LogP contribution in [0, 0.1) is 17.0 Å². The summed E-state index contributed by atoms with van der Waals surface area (Å²) in [6.07, 6.45) is 2.33. The van der Waals surface area contributed by atoms with Gasteiger partial charge in [0, 0.05) is 34.6 Å². The highest BCUT2D eigenvalue weighted by Crippen LogP contribution is 2.48. The summed E-state index contributed by atoms with van der Waals surface area (Å²) in [5.41, 5.74) is 1.14. The van der Waals surface area contributed by atoms with Gasteiger partial charge in [0.1, 0.15) is 17.0 Å². The average molecular weight is 542 g/mol. The zero-order valence-electron chi connectivity index (χ0n) is 20.4. The molecule has 1 aliphatic carbocycles. The van der Waals surface area contributed by atoms with Crippen molar-refractivity contribution in [3.8, 4) is 21.9 Å². The van der Waals surface area contributed by atoms with E-state index >= 15 is 4.39 Å². The fraction of sp³-hybridized carbons (Fsp3) is 0.100. The summed E-state index contributed by atoms with van der Waals surface area (Å²) in [6.45, 7) is 0. The lowest BCUT2D eigenvalue weighted by Gasteiger charge is -2.16. The highest BCUT2D eigenvalue weighted by Gasteiger charge is 2.56. The van der Waals surface area contributed by atoms with Gasteiger partial charge in [-0.15, -0.1) is 11.3 Å². The molecule has 0 unspecified atom stereocenters. The standard InChI is InChI=1S/C30H21F2N3O3S/c31-19-6-8-20(9-7-19)34-28(36)30(13-14-30)29(37)35-21-10-11-24(22(32)16-21)38-25-12-15-33-23-17-26(39-27(23)25)18-4-2-1-3-5-18/h1-12,15-17H,13-14H2,(H,34,36)(H,35,37). The number of carbonyl (C=O) groups excluding carboxylic acids is 2. The van der Waals surface area contributed by atoms with Gasteiger partial charge >= 0.3 is 0 Å².